The number of likely N-dealkylation sites (N-methyl/N-ethyl adjacent to an activating group) is 1. The van der Waals surface area contributed by atoms with E-state index in [2.05, 4.69) is 15.9 Å². The van der Waals surface area contributed by atoms with Crippen LogP contribution in [-0.4, -0.2) is 69.7 Å². The Morgan fingerprint density at radius 1 is 1.19 bits per heavy atom. The van der Waals surface area contributed by atoms with Crippen LogP contribution in [-0.2, 0) is 24.3 Å². The van der Waals surface area contributed by atoms with E-state index in [0.29, 0.717) is 32.2 Å². The first-order chi connectivity index (χ1) is 12.4. The van der Waals surface area contributed by atoms with Gasteiger partial charge >= 0.3 is 0 Å². The molecule has 0 radical (unpaired) electrons. The van der Waals surface area contributed by atoms with Crippen molar-refractivity contribution in [3.63, 3.8) is 0 Å². The Kier molecular flexibility index (Phi) is 6.34. The summed E-state index contributed by atoms with van der Waals surface area (Å²) in [5, 5.41) is 0. The number of hydrogen-bond acceptors (Lipinski definition) is 5. The summed E-state index contributed by atoms with van der Waals surface area (Å²) in [4.78, 5) is 14.4. The minimum absolute atomic E-state index is 0.160. The normalized spacial score (nSPS) is 20.0. The number of hydrogen-bond donors (Lipinski definition) is 0. The van der Waals surface area contributed by atoms with Gasteiger partial charge in [0, 0.05) is 30.5 Å². The van der Waals surface area contributed by atoms with Gasteiger partial charge in [0.1, 0.15) is 0 Å². The van der Waals surface area contributed by atoms with Gasteiger partial charge in [0.2, 0.25) is 15.9 Å². The average Bonchev–Trinajstić information content (AvgIpc) is 3.17. The summed E-state index contributed by atoms with van der Waals surface area (Å²) in [5.41, 5.74) is 0. The van der Waals surface area contributed by atoms with E-state index in [1.165, 1.54) is 19.2 Å². The summed E-state index contributed by atoms with van der Waals surface area (Å²) >= 11 is 3.28. The Morgan fingerprint density at radius 2 is 1.77 bits per heavy atom. The third-order valence-electron chi connectivity index (χ3n) is 4.80. The molecule has 3 rings (SSSR count). The van der Waals surface area contributed by atoms with E-state index < -0.39 is 10.0 Å². The first kappa shape index (κ1) is 19.8. The molecule has 26 heavy (non-hydrogen) atoms. The topological polar surface area (TPSA) is 76.2 Å². The third-order valence-corrected chi connectivity index (χ3v) is 7.15. The van der Waals surface area contributed by atoms with Crippen LogP contribution in [0.3, 0.4) is 0 Å². The molecule has 9 heteroatoms. The second-order valence-electron chi connectivity index (χ2n) is 6.54. The maximum atomic E-state index is 12.6. The van der Waals surface area contributed by atoms with Crippen molar-refractivity contribution in [1.82, 2.24) is 9.21 Å². The fraction of sp³-hybridized carbons (Fsp3) is 0.588. The van der Waals surface area contributed by atoms with E-state index in [-0.39, 0.29) is 23.6 Å². The Hall–Kier alpha value is -1.00. The third kappa shape index (κ3) is 4.45. The van der Waals surface area contributed by atoms with Gasteiger partial charge in [-0.1, -0.05) is 15.9 Å². The van der Waals surface area contributed by atoms with E-state index in [4.69, 9.17) is 9.47 Å². The van der Waals surface area contributed by atoms with Crippen LogP contribution in [0.25, 0.3) is 0 Å². The smallest absolute Gasteiger partial charge is 0.243 e. The molecular weight excluding hydrogens is 424 g/mol. The highest BCUT2D eigenvalue weighted by Gasteiger charge is 2.33. The first-order valence-electron chi connectivity index (χ1n) is 8.61. The number of piperidine rings is 1. The number of sulfonamides is 1. The molecule has 2 fully saturated rings. The molecule has 0 atom stereocenters. The fourth-order valence-corrected chi connectivity index (χ4v) is 4.62. The molecule has 1 aromatic carbocycles. The number of benzene rings is 1. The number of halogens is 1. The van der Waals surface area contributed by atoms with Crippen molar-refractivity contribution in [2.45, 2.75) is 24.0 Å². The van der Waals surface area contributed by atoms with E-state index in [0.717, 1.165) is 21.6 Å². The zero-order valence-corrected chi connectivity index (χ0v) is 17.0. The lowest BCUT2D eigenvalue weighted by Crippen LogP contribution is -2.46. The summed E-state index contributed by atoms with van der Waals surface area (Å²) in [6.45, 7) is 2.28. The van der Waals surface area contributed by atoms with Crippen molar-refractivity contribution in [3.05, 3.63) is 28.7 Å². The zero-order valence-electron chi connectivity index (χ0n) is 14.6. The van der Waals surface area contributed by atoms with E-state index >= 15 is 0 Å². The molecular formula is C17H23BrN2O5S. The van der Waals surface area contributed by atoms with E-state index in [1.807, 2.05) is 0 Å². The van der Waals surface area contributed by atoms with Crippen LogP contribution >= 0.6 is 15.9 Å². The molecule has 7 nitrogen and oxygen atoms in total. The maximum absolute atomic E-state index is 12.6. The molecule has 0 aliphatic carbocycles. The Morgan fingerprint density at radius 3 is 2.35 bits per heavy atom. The van der Waals surface area contributed by atoms with Crippen LogP contribution in [0, 0.1) is 5.92 Å². The van der Waals surface area contributed by atoms with Gasteiger partial charge in [-0.3, -0.25) is 4.79 Å². The molecule has 2 aliphatic heterocycles. The van der Waals surface area contributed by atoms with Gasteiger partial charge in [0.15, 0.2) is 6.29 Å². The highest BCUT2D eigenvalue weighted by atomic mass is 79.9. The van der Waals surface area contributed by atoms with Crippen LogP contribution in [0.5, 0.6) is 0 Å². The fourth-order valence-electron chi connectivity index (χ4n) is 3.23. The number of amides is 1. The molecule has 2 heterocycles. The summed E-state index contributed by atoms with van der Waals surface area (Å²) in [6, 6.07) is 6.38. The standard InChI is InChI=1S/C17H23BrN2O5S/c1-19(26(22,23)15-4-2-14(18)3-5-15)12-16(21)20-8-6-13(7-9-20)17-24-10-11-25-17/h2-5,13,17H,6-12H2,1H3. The van der Waals surface area contributed by atoms with Crippen LogP contribution in [0.2, 0.25) is 0 Å². The van der Waals surface area contributed by atoms with Crippen molar-refractivity contribution in [2.24, 2.45) is 5.92 Å². The van der Waals surface area contributed by atoms with Crippen molar-refractivity contribution in [3.8, 4) is 0 Å². The number of ether oxygens (including phenoxy) is 2. The molecule has 1 amide bonds. The summed E-state index contributed by atoms with van der Waals surface area (Å²) in [7, 11) is -2.26. The number of nitrogens with zero attached hydrogens (tertiary/aromatic N) is 2. The van der Waals surface area contributed by atoms with Crippen molar-refractivity contribution in [1.29, 1.82) is 0 Å². The predicted octanol–water partition coefficient (Wildman–Crippen LogP) is 1.68. The zero-order chi connectivity index (χ0) is 18.7. The highest BCUT2D eigenvalue weighted by molar-refractivity contribution is 9.10. The maximum Gasteiger partial charge on any atom is 0.243 e. The Bertz CT molecular complexity index is 726. The van der Waals surface area contributed by atoms with E-state index in [9.17, 15) is 13.2 Å². The largest absolute Gasteiger partial charge is 0.350 e. The lowest BCUT2D eigenvalue weighted by molar-refractivity contribution is -0.136. The summed E-state index contributed by atoms with van der Waals surface area (Å²) in [5.74, 6) is 0.116. The minimum atomic E-state index is -3.69. The van der Waals surface area contributed by atoms with Crippen molar-refractivity contribution >= 4 is 31.9 Å². The van der Waals surface area contributed by atoms with Crippen molar-refractivity contribution < 1.29 is 22.7 Å². The van der Waals surface area contributed by atoms with Crippen LogP contribution < -0.4 is 0 Å². The van der Waals surface area contributed by atoms with Gasteiger partial charge in [0.05, 0.1) is 24.7 Å². The SMILES string of the molecule is CN(CC(=O)N1CCC(C2OCCO2)CC1)S(=O)(=O)c1ccc(Br)cc1. The molecule has 0 bridgehead atoms. The van der Waals surface area contributed by atoms with Gasteiger partial charge < -0.3 is 14.4 Å². The lowest BCUT2D eigenvalue weighted by Gasteiger charge is -2.34. The lowest BCUT2D eigenvalue weighted by atomic mass is 9.96. The Labute approximate surface area is 162 Å². The van der Waals surface area contributed by atoms with Crippen LogP contribution in [0.1, 0.15) is 12.8 Å². The number of carbonyl (C=O) groups excluding carboxylic acids is 1. The predicted molar refractivity (Wildman–Crippen MR) is 99.0 cm³/mol. The number of carbonyl (C=O) groups is 1. The second kappa shape index (κ2) is 8.35. The quantitative estimate of drug-likeness (QED) is 0.687. The van der Waals surface area contributed by atoms with Gasteiger partial charge in [-0.15, -0.1) is 0 Å². The average molecular weight is 447 g/mol. The molecule has 0 saturated carbocycles. The molecule has 144 valence electrons. The number of rotatable bonds is 5. The number of likely N-dealkylation sites (tertiary alicyclic amines) is 1. The summed E-state index contributed by atoms with van der Waals surface area (Å²) < 4.78 is 38.2. The molecule has 0 spiro atoms. The van der Waals surface area contributed by atoms with Gasteiger partial charge in [-0.25, -0.2) is 8.42 Å². The molecule has 2 aliphatic rings. The molecule has 2 saturated heterocycles. The Balaban J connectivity index is 1.55. The summed E-state index contributed by atoms with van der Waals surface area (Å²) in [6.07, 6.45) is 1.45. The van der Waals surface area contributed by atoms with Gasteiger partial charge in [-0.2, -0.15) is 4.31 Å². The van der Waals surface area contributed by atoms with E-state index in [1.54, 1.807) is 17.0 Å². The molecule has 0 unspecified atom stereocenters. The molecule has 0 aromatic heterocycles. The monoisotopic (exact) mass is 446 g/mol. The first-order valence-corrected chi connectivity index (χ1v) is 10.8. The molecule has 1 aromatic rings. The highest BCUT2D eigenvalue weighted by Crippen LogP contribution is 2.26. The van der Waals surface area contributed by atoms with Crippen LogP contribution in [0.4, 0.5) is 0 Å². The molecule has 0 N–H and O–H groups in total. The second-order valence-corrected chi connectivity index (χ2v) is 9.50. The van der Waals surface area contributed by atoms with Crippen molar-refractivity contribution in [2.75, 3.05) is 39.9 Å². The minimum Gasteiger partial charge on any atom is -0.350 e. The van der Waals surface area contributed by atoms with Crippen LogP contribution in [0.15, 0.2) is 33.6 Å². The van der Waals surface area contributed by atoms with Gasteiger partial charge in [0.25, 0.3) is 0 Å². The van der Waals surface area contributed by atoms with Gasteiger partial charge in [-0.05, 0) is 37.1 Å².